The van der Waals surface area contributed by atoms with E-state index in [2.05, 4.69) is 0 Å². The molecule has 0 saturated carbocycles. The summed E-state index contributed by atoms with van der Waals surface area (Å²) in [5, 5.41) is 7.30. The lowest BCUT2D eigenvalue weighted by Crippen LogP contribution is -2.12. The van der Waals surface area contributed by atoms with Crippen molar-refractivity contribution < 1.29 is 9.47 Å². The van der Waals surface area contributed by atoms with Crippen LogP contribution in [0.3, 0.4) is 0 Å². The highest BCUT2D eigenvalue weighted by Crippen LogP contribution is 1.93. The van der Waals surface area contributed by atoms with E-state index in [1.807, 2.05) is 20.8 Å². The molecule has 11 heavy (non-hydrogen) atoms. The Balaban J connectivity index is 3.23. The zero-order valence-corrected chi connectivity index (χ0v) is 7.52. The third-order valence-corrected chi connectivity index (χ3v) is 1.06. The summed E-state index contributed by atoms with van der Waals surface area (Å²) in [6.07, 6.45) is 0.676. The van der Waals surface area contributed by atoms with Crippen molar-refractivity contribution in [2.45, 2.75) is 33.3 Å². The molecule has 0 rings (SSSR count). The van der Waals surface area contributed by atoms with Crippen LogP contribution in [0, 0.1) is 5.41 Å². The molecule has 0 unspecified atom stereocenters. The highest BCUT2D eigenvalue weighted by atomic mass is 16.5. The second kappa shape index (κ2) is 6.16. The Bertz CT molecular complexity index is 113. The highest BCUT2D eigenvalue weighted by molar-refractivity contribution is 5.72. The van der Waals surface area contributed by atoms with Gasteiger partial charge in [0.1, 0.15) is 0 Å². The first-order valence-corrected chi connectivity index (χ1v) is 3.98. The molecule has 0 spiro atoms. The molecule has 0 fully saturated rings. The van der Waals surface area contributed by atoms with E-state index in [-0.39, 0.29) is 6.10 Å². The SMILES string of the molecule is CCOCCC(=N)OC(C)C. The maximum atomic E-state index is 7.30. The Morgan fingerprint density at radius 3 is 2.55 bits per heavy atom. The molecule has 0 aromatic carbocycles. The first-order chi connectivity index (χ1) is 5.16. The molecule has 0 aromatic heterocycles. The molecule has 66 valence electrons. The minimum absolute atomic E-state index is 0.101. The lowest BCUT2D eigenvalue weighted by atomic mass is 10.4. The van der Waals surface area contributed by atoms with Crippen LogP contribution >= 0.6 is 0 Å². The molecule has 0 heterocycles. The van der Waals surface area contributed by atoms with Gasteiger partial charge in [0, 0.05) is 13.0 Å². The predicted molar refractivity (Wildman–Crippen MR) is 45.1 cm³/mol. The van der Waals surface area contributed by atoms with Crippen molar-refractivity contribution in [3.63, 3.8) is 0 Å². The summed E-state index contributed by atoms with van der Waals surface area (Å²) in [5.74, 6) is 0.313. The van der Waals surface area contributed by atoms with Gasteiger partial charge < -0.3 is 9.47 Å². The van der Waals surface area contributed by atoms with Crippen molar-refractivity contribution >= 4 is 5.90 Å². The molecule has 0 bridgehead atoms. The zero-order valence-electron chi connectivity index (χ0n) is 7.52. The Hall–Kier alpha value is -0.570. The predicted octanol–water partition coefficient (Wildman–Crippen LogP) is 1.82. The quantitative estimate of drug-likeness (QED) is 0.377. The van der Waals surface area contributed by atoms with Gasteiger partial charge >= 0.3 is 0 Å². The van der Waals surface area contributed by atoms with Gasteiger partial charge in [0.25, 0.3) is 0 Å². The van der Waals surface area contributed by atoms with E-state index in [0.717, 1.165) is 0 Å². The van der Waals surface area contributed by atoms with Crippen LogP contribution in [0.1, 0.15) is 27.2 Å². The fourth-order valence-electron chi connectivity index (χ4n) is 0.653. The van der Waals surface area contributed by atoms with E-state index in [1.54, 1.807) is 0 Å². The summed E-state index contributed by atoms with van der Waals surface area (Å²) in [7, 11) is 0. The minimum Gasteiger partial charge on any atom is -0.478 e. The van der Waals surface area contributed by atoms with Crippen LogP contribution in [0.4, 0.5) is 0 Å². The van der Waals surface area contributed by atoms with Gasteiger partial charge in [0.15, 0.2) is 5.90 Å². The summed E-state index contributed by atoms with van der Waals surface area (Å²) in [4.78, 5) is 0. The molecule has 0 saturated heterocycles. The van der Waals surface area contributed by atoms with Crippen LogP contribution < -0.4 is 0 Å². The van der Waals surface area contributed by atoms with Crippen molar-refractivity contribution in [2.75, 3.05) is 13.2 Å². The molecule has 0 aliphatic heterocycles. The maximum Gasteiger partial charge on any atom is 0.182 e. The molecule has 0 aromatic rings. The largest absolute Gasteiger partial charge is 0.478 e. The van der Waals surface area contributed by atoms with Crippen LogP contribution in [-0.4, -0.2) is 25.2 Å². The minimum atomic E-state index is 0.101. The Morgan fingerprint density at radius 1 is 1.45 bits per heavy atom. The first-order valence-electron chi connectivity index (χ1n) is 3.98. The van der Waals surface area contributed by atoms with E-state index >= 15 is 0 Å². The van der Waals surface area contributed by atoms with Gasteiger partial charge in [-0.15, -0.1) is 0 Å². The van der Waals surface area contributed by atoms with Gasteiger partial charge in [-0.3, -0.25) is 5.41 Å². The number of ether oxygens (including phenoxy) is 2. The Kier molecular flexibility index (Phi) is 5.84. The molecule has 1 N–H and O–H groups in total. The Morgan fingerprint density at radius 2 is 2.09 bits per heavy atom. The highest BCUT2D eigenvalue weighted by Gasteiger charge is 1.99. The summed E-state index contributed by atoms with van der Waals surface area (Å²) in [6, 6.07) is 0. The lowest BCUT2D eigenvalue weighted by molar-refractivity contribution is 0.143. The van der Waals surface area contributed by atoms with Gasteiger partial charge in [-0.2, -0.15) is 0 Å². The fraction of sp³-hybridized carbons (Fsp3) is 0.875. The van der Waals surface area contributed by atoms with Crippen LogP contribution in [0.15, 0.2) is 0 Å². The normalized spacial score (nSPS) is 10.2. The van der Waals surface area contributed by atoms with Gasteiger partial charge in [-0.05, 0) is 20.8 Å². The molecule has 3 heteroatoms. The van der Waals surface area contributed by atoms with Crippen molar-refractivity contribution in [1.82, 2.24) is 0 Å². The number of hydrogen-bond donors (Lipinski definition) is 1. The average Bonchev–Trinajstić information content (AvgIpc) is 1.86. The van der Waals surface area contributed by atoms with E-state index in [0.29, 0.717) is 25.5 Å². The fourth-order valence-corrected chi connectivity index (χ4v) is 0.653. The van der Waals surface area contributed by atoms with Crippen LogP contribution in [0.2, 0.25) is 0 Å². The van der Waals surface area contributed by atoms with Gasteiger partial charge in [0.2, 0.25) is 0 Å². The van der Waals surface area contributed by atoms with E-state index in [1.165, 1.54) is 0 Å². The average molecular weight is 159 g/mol. The molecule has 0 aliphatic carbocycles. The van der Waals surface area contributed by atoms with E-state index in [9.17, 15) is 0 Å². The zero-order chi connectivity index (χ0) is 8.69. The number of nitrogens with one attached hydrogen (secondary N) is 1. The summed E-state index contributed by atoms with van der Waals surface area (Å²) in [6.45, 7) is 7.05. The third-order valence-electron chi connectivity index (χ3n) is 1.06. The molecule has 3 nitrogen and oxygen atoms in total. The van der Waals surface area contributed by atoms with E-state index < -0.39 is 0 Å². The summed E-state index contributed by atoms with van der Waals surface area (Å²) >= 11 is 0. The summed E-state index contributed by atoms with van der Waals surface area (Å²) < 4.78 is 10.2. The molecule has 0 radical (unpaired) electrons. The van der Waals surface area contributed by atoms with Crippen LogP contribution in [-0.2, 0) is 9.47 Å². The molecule has 0 aliphatic rings. The van der Waals surface area contributed by atoms with Crippen molar-refractivity contribution in [2.24, 2.45) is 0 Å². The smallest absolute Gasteiger partial charge is 0.182 e. The molecule has 0 atom stereocenters. The third kappa shape index (κ3) is 7.33. The molecular formula is C8H17NO2. The van der Waals surface area contributed by atoms with Gasteiger partial charge in [0.05, 0.1) is 12.7 Å². The standard InChI is InChI=1S/C8H17NO2/c1-4-10-6-5-8(9)11-7(2)3/h7,9H,4-6H2,1-3H3. The number of rotatable bonds is 5. The van der Waals surface area contributed by atoms with Gasteiger partial charge in [-0.1, -0.05) is 0 Å². The second-order valence-corrected chi connectivity index (χ2v) is 2.54. The molecule has 0 amide bonds. The first kappa shape index (κ1) is 10.4. The number of hydrogen-bond acceptors (Lipinski definition) is 3. The van der Waals surface area contributed by atoms with Crippen molar-refractivity contribution in [1.29, 1.82) is 5.41 Å². The van der Waals surface area contributed by atoms with Crippen molar-refractivity contribution in [3.8, 4) is 0 Å². The summed E-state index contributed by atoms with van der Waals surface area (Å²) in [5.41, 5.74) is 0. The van der Waals surface area contributed by atoms with Crippen LogP contribution in [0.5, 0.6) is 0 Å². The van der Waals surface area contributed by atoms with Gasteiger partial charge in [-0.25, -0.2) is 0 Å². The molecular weight excluding hydrogens is 142 g/mol. The second-order valence-electron chi connectivity index (χ2n) is 2.54. The Labute approximate surface area is 68.2 Å². The van der Waals surface area contributed by atoms with Crippen molar-refractivity contribution in [3.05, 3.63) is 0 Å². The van der Waals surface area contributed by atoms with E-state index in [4.69, 9.17) is 14.9 Å². The maximum absolute atomic E-state index is 7.30. The lowest BCUT2D eigenvalue weighted by Gasteiger charge is -2.09. The monoisotopic (exact) mass is 159 g/mol. The van der Waals surface area contributed by atoms with Crippen LogP contribution in [0.25, 0.3) is 0 Å². The topological polar surface area (TPSA) is 42.3 Å².